The van der Waals surface area contributed by atoms with Crippen molar-refractivity contribution < 1.29 is 39.9 Å². The van der Waals surface area contributed by atoms with Gasteiger partial charge in [0.1, 0.15) is 0 Å². The molecule has 4 atom stereocenters. The molecule has 0 aliphatic heterocycles. The van der Waals surface area contributed by atoms with Crippen molar-refractivity contribution in [2.45, 2.75) is 166 Å². The lowest BCUT2D eigenvalue weighted by Gasteiger charge is -2.26. The Morgan fingerprint density at radius 2 is 0.690 bits per heavy atom. The Balaban J connectivity index is 0.000000501. The van der Waals surface area contributed by atoms with Gasteiger partial charge in [0.2, 0.25) is 0 Å². The molecule has 0 spiro atoms. The standard InChI is InChI=1S/2C13H19N.C10H11NO.2C10H13N.C10H10O.2C2H6O.4CH4O/c2*1-2-10-14-13-9-5-7-11-6-3-4-8-12(11)13;12-11-10-7-3-5-8-4-1-2-6-9(8)10;3*11-10-7-3-5-8-4-1-2-6-9(8)10;2*1-3-2;4*1-2/h2*3-4,6,8,13-14H,2,5,7,9-10H2,1H3;1-2,4,6,12H,3,5,7H2;2*1-2,4,6,10H,3,5,7,11H2;1-2,4,6H,3,5,7H2;2*1-2H3;4*2H,1H3/b;;11-10+;;;;;;;;;. The first-order valence-electron chi connectivity index (χ1n) is 31.5. The van der Waals surface area contributed by atoms with E-state index >= 15 is 0 Å². The second kappa shape index (κ2) is 51.0. The van der Waals surface area contributed by atoms with Gasteiger partial charge in [-0.1, -0.05) is 165 Å². The summed E-state index contributed by atoms with van der Waals surface area (Å²) in [5, 5.41) is 47.3. The zero-order chi connectivity index (χ0) is 64.5. The molecule has 6 aromatic carbocycles. The number of oxime groups is 1. The van der Waals surface area contributed by atoms with Crippen molar-refractivity contribution in [2.75, 3.05) is 70.0 Å². The van der Waals surface area contributed by atoms with E-state index in [2.05, 4.69) is 142 Å². The third-order valence-corrected chi connectivity index (χ3v) is 15.3. The van der Waals surface area contributed by atoms with Crippen LogP contribution in [0.2, 0.25) is 0 Å². The van der Waals surface area contributed by atoms with Gasteiger partial charge >= 0.3 is 0 Å². The number of hydrogen-bond donors (Lipinski definition) is 9. The zero-order valence-corrected chi connectivity index (χ0v) is 54.8. The van der Waals surface area contributed by atoms with E-state index in [1.165, 1.54) is 122 Å². The highest BCUT2D eigenvalue weighted by Crippen LogP contribution is 2.32. The van der Waals surface area contributed by atoms with Gasteiger partial charge < -0.3 is 57.2 Å². The maximum absolute atomic E-state index is 11.3. The molecule has 6 aliphatic carbocycles. The minimum absolute atomic E-state index is 0.292. The van der Waals surface area contributed by atoms with Crippen molar-refractivity contribution in [3.8, 4) is 0 Å². The van der Waals surface area contributed by atoms with Gasteiger partial charge in [0, 0.05) is 98.6 Å². The van der Waals surface area contributed by atoms with Crippen LogP contribution in [0.15, 0.2) is 151 Å². The predicted octanol–water partition coefficient (Wildman–Crippen LogP) is 13.5. The molecule has 6 aliphatic rings. The molecule has 6 aromatic rings. The number of ketones is 1. The summed E-state index contributed by atoms with van der Waals surface area (Å²) >= 11 is 0. The van der Waals surface area contributed by atoms with Gasteiger partial charge in [-0.25, -0.2) is 0 Å². The van der Waals surface area contributed by atoms with Crippen molar-refractivity contribution in [2.24, 2.45) is 16.6 Å². The molecule has 13 nitrogen and oxygen atoms in total. The van der Waals surface area contributed by atoms with Gasteiger partial charge in [-0.2, -0.15) is 0 Å². The molecule has 0 bridgehead atoms. The van der Waals surface area contributed by atoms with Crippen LogP contribution in [0.5, 0.6) is 0 Å². The smallest absolute Gasteiger partial charge is 0.163 e. The quantitative estimate of drug-likeness (QED) is 0.0561. The van der Waals surface area contributed by atoms with Gasteiger partial charge in [0.15, 0.2) is 5.78 Å². The summed E-state index contributed by atoms with van der Waals surface area (Å²) in [6.07, 6.45) is 23.4. The molecular formula is C74H113N5O8. The fourth-order valence-corrected chi connectivity index (χ4v) is 11.4. The highest BCUT2D eigenvalue weighted by Gasteiger charge is 2.21. The van der Waals surface area contributed by atoms with E-state index in [-0.39, 0.29) is 0 Å². The second-order valence-electron chi connectivity index (χ2n) is 21.4. The number of rotatable bonds is 6. The third-order valence-electron chi connectivity index (χ3n) is 15.3. The second-order valence-corrected chi connectivity index (χ2v) is 21.4. The van der Waals surface area contributed by atoms with Crippen LogP contribution in [0.4, 0.5) is 0 Å². The largest absolute Gasteiger partial charge is 0.411 e. The van der Waals surface area contributed by atoms with Crippen LogP contribution < -0.4 is 22.1 Å². The van der Waals surface area contributed by atoms with Gasteiger partial charge in [0.05, 0.1) is 5.71 Å². The van der Waals surface area contributed by atoms with E-state index in [9.17, 15) is 4.79 Å². The van der Waals surface area contributed by atoms with Crippen LogP contribution in [0.25, 0.3) is 0 Å². The number of fused-ring (bicyclic) bond motifs is 6. The summed E-state index contributed by atoms with van der Waals surface area (Å²) in [5.74, 6) is 0.312. The Bertz CT molecular complexity index is 2580. The number of carbonyl (C=O) groups excluding carboxylic acids is 1. The molecular weight excluding hydrogens is 1090 g/mol. The lowest BCUT2D eigenvalue weighted by Crippen LogP contribution is -2.25. The number of nitrogens with two attached hydrogens (primary N) is 2. The zero-order valence-electron chi connectivity index (χ0n) is 54.8. The first kappa shape index (κ1) is 79.1. The highest BCUT2D eigenvalue weighted by atomic mass is 16.5. The molecule has 12 rings (SSSR count). The minimum atomic E-state index is 0.292. The molecule has 0 aromatic heterocycles. The Hall–Kier alpha value is -5.94. The summed E-state index contributed by atoms with van der Waals surface area (Å²) in [4.78, 5) is 11.3. The number of nitrogens with zero attached hydrogens (tertiary/aromatic N) is 1. The molecule has 13 heteroatoms. The molecule has 4 unspecified atom stereocenters. The Labute approximate surface area is 525 Å². The first-order chi connectivity index (χ1) is 42.7. The number of ether oxygens (including phenoxy) is 2. The summed E-state index contributed by atoms with van der Waals surface area (Å²) in [6.45, 7) is 6.72. The predicted molar refractivity (Wildman–Crippen MR) is 363 cm³/mol. The van der Waals surface area contributed by atoms with Gasteiger partial charge in [0.25, 0.3) is 0 Å². The van der Waals surface area contributed by atoms with E-state index < -0.39 is 0 Å². The normalized spacial score (nSPS) is 17.7. The molecule has 0 radical (unpaired) electrons. The fraction of sp³-hybridized carbons (Fsp3) is 0.486. The number of aliphatic hydroxyl groups is 4. The van der Waals surface area contributed by atoms with E-state index in [1.54, 1.807) is 39.6 Å². The summed E-state index contributed by atoms with van der Waals surface area (Å²) in [5.41, 5.74) is 29.1. The topological polar surface area (TPSA) is 225 Å². The molecule has 482 valence electrons. The number of aryl methyl sites for hydroxylation is 6. The van der Waals surface area contributed by atoms with Crippen LogP contribution >= 0.6 is 0 Å². The summed E-state index contributed by atoms with van der Waals surface area (Å²) < 4.78 is 8.50. The van der Waals surface area contributed by atoms with Crippen LogP contribution in [-0.2, 0) is 48.0 Å². The lowest BCUT2D eigenvalue weighted by molar-refractivity contribution is 0.0972. The van der Waals surface area contributed by atoms with E-state index in [0.717, 1.165) is 110 Å². The number of nitrogens with one attached hydrogen (secondary N) is 2. The number of benzene rings is 6. The Morgan fingerprint density at radius 3 is 1.05 bits per heavy atom. The molecule has 87 heavy (non-hydrogen) atoms. The first-order valence-corrected chi connectivity index (χ1v) is 31.5. The number of aliphatic hydroxyl groups excluding tert-OH is 4. The minimum Gasteiger partial charge on any atom is -0.411 e. The number of carbonyl (C=O) groups is 1. The van der Waals surface area contributed by atoms with Crippen molar-refractivity contribution in [3.63, 3.8) is 0 Å². The lowest BCUT2D eigenvalue weighted by atomic mass is 9.88. The molecule has 0 saturated heterocycles. The maximum atomic E-state index is 11.3. The van der Waals surface area contributed by atoms with Crippen molar-refractivity contribution in [1.82, 2.24) is 10.6 Å². The molecule has 0 heterocycles. The molecule has 11 N–H and O–H groups in total. The van der Waals surface area contributed by atoms with Gasteiger partial charge in [-0.15, -0.1) is 0 Å². The average molecular weight is 1200 g/mol. The molecule has 0 saturated carbocycles. The Kier molecular flexibility index (Phi) is 46.3. The van der Waals surface area contributed by atoms with Gasteiger partial charge in [-0.3, -0.25) is 4.79 Å². The molecule has 0 fully saturated rings. The van der Waals surface area contributed by atoms with E-state index in [0.29, 0.717) is 30.0 Å². The number of methoxy groups -OCH3 is 2. The average Bonchev–Trinajstić information content (AvgIpc) is 3.79. The van der Waals surface area contributed by atoms with Crippen molar-refractivity contribution in [3.05, 3.63) is 212 Å². The SMILES string of the molecule is CCCNC1CCCc2ccccc21.CCCNC1CCCc2ccccc21.CO.CO.CO.CO.COC.COC.NC1CCCc2ccccc21.NC1CCCc2ccccc21.O/N=C1\CCCc2ccccc21.O=C1CCCc2ccccc21. The summed E-state index contributed by atoms with van der Waals surface area (Å²) in [6, 6.07) is 52.6. The number of hydrogen-bond acceptors (Lipinski definition) is 13. The number of Topliss-reactive ketones (excluding diaryl/α,β-unsaturated/α-hetero) is 1. The maximum Gasteiger partial charge on any atom is 0.163 e. The van der Waals surface area contributed by atoms with E-state index in [1.807, 2.05) is 42.5 Å². The molecule has 0 amide bonds. The van der Waals surface area contributed by atoms with Crippen LogP contribution in [0, 0.1) is 0 Å². The van der Waals surface area contributed by atoms with Gasteiger partial charge in [-0.05, 0) is 191 Å². The van der Waals surface area contributed by atoms with Crippen molar-refractivity contribution in [1.29, 1.82) is 0 Å². The highest BCUT2D eigenvalue weighted by molar-refractivity contribution is 6.02. The van der Waals surface area contributed by atoms with Crippen molar-refractivity contribution >= 4 is 11.5 Å². The summed E-state index contributed by atoms with van der Waals surface area (Å²) in [7, 11) is 10.5. The Morgan fingerprint density at radius 1 is 0.402 bits per heavy atom. The van der Waals surface area contributed by atoms with E-state index in [4.69, 9.17) is 37.1 Å². The van der Waals surface area contributed by atoms with Crippen LogP contribution in [0.1, 0.15) is 199 Å². The third kappa shape index (κ3) is 28.8. The monoisotopic (exact) mass is 1200 g/mol. The fourth-order valence-electron chi connectivity index (χ4n) is 11.4. The van der Waals surface area contributed by atoms with Crippen LogP contribution in [-0.4, -0.2) is 107 Å². The van der Waals surface area contributed by atoms with Crippen LogP contribution in [0.3, 0.4) is 0 Å².